The second-order valence-electron chi connectivity index (χ2n) is 6.31. The second-order valence-corrected chi connectivity index (χ2v) is 6.31. The van der Waals surface area contributed by atoms with Crippen LogP contribution >= 0.6 is 0 Å². The SMILES string of the molecule is COc1cc2c(cc1C)C(c1ccc(OC)c(OCC(=O)O)c1)CC(=O)N2. The third kappa shape index (κ3) is 3.81. The highest BCUT2D eigenvalue weighted by molar-refractivity contribution is 5.95. The van der Waals surface area contributed by atoms with Crippen LogP contribution in [0.1, 0.15) is 29.0 Å². The van der Waals surface area contributed by atoms with Crippen LogP contribution in [-0.4, -0.2) is 37.8 Å². The van der Waals surface area contributed by atoms with Gasteiger partial charge in [-0.05, 0) is 41.8 Å². The fourth-order valence-electron chi connectivity index (χ4n) is 3.28. The predicted octanol–water partition coefficient (Wildman–Crippen LogP) is 2.95. The summed E-state index contributed by atoms with van der Waals surface area (Å²) in [6.45, 7) is 1.47. The Morgan fingerprint density at radius 3 is 2.56 bits per heavy atom. The molecule has 142 valence electrons. The molecule has 7 nitrogen and oxygen atoms in total. The van der Waals surface area contributed by atoms with E-state index in [9.17, 15) is 9.59 Å². The van der Waals surface area contributed by atoms with Crippen molar-refractivity contribution >= 4 is 17.6 Å². The Morgan fingerprint density at radius 2 is 1.89 bits per heavy atom. The van der Waals surface area contributed by atoms with Gasteiger partial charge < -0.3 is 24.6 Å². The number of carbonyl (C=O) groups excluding carboxylic acids is 1. The maximum Gasteiger partial charge on any atom is 0.341 e. The van der Waals surface area contributed by atoms with Gasteiger partial charge in [-0.2, -0.15) is 0 Å². The molecule has 0 aromatic heterocycles. The van der Waals surface area contributed by atoms with E-state index in [1.54, 1.807) is 19.2 Å². The van der Waals surface area contributed by atoms with Crippen molar-refractivity contribution in [1.82, 2.24) is 0 Å². The number of methoxy groups -OCH3 is 2. The summed E-state index contributed by atoms with van der Waals surface area (Å²) in [4.78, 5) is 23.1. The van der Waals surface area contributed by atoms with Crippen molar-refractivity contribution in [2.75, 3.05) is 26.1 Å². The first kappa shape index (κ1) is 18.6. The molecule has 1 amide bonds. The van der Waals surface area contributed by atoms with Gasteiger partial charge in [0.15, 0.2) is 18.1 Å². The lowest BCUT2D eigenvalue weighted by atomic mass is 9.84. The zero-order valence-electron chi connectivity index (χ0n) is 15.4. The summed E-state index contributed by atoms with van der Waals surface area (Å²) in [7, 11) is 3.08. The van der Waals surface area contributed by atoms with Gasteiger partial charge in [0, 0.05) is 24.1 Å². The number of nitrogens with one attached hydrogen (secondary N) is 1. The Labute approximate surface area is 156 Å². The van der Waals surface area contributed by atoms with Gasteiger partial charge in [-0.1, -0.05) is 6.07 Å². The third-order valence-corrected chi connectivity index (χ3v) is 4.55. The average molecular weight is 371 g/mol. The normalized spacial score (nSPS) is 15.5. The Balaban J connectivity index is 2.04. The monoisotopic (exact) mass is 371 g/mol. The molecule has 2 aromatic rings. The Morgan fingerprint density at radius 1 is 1.15 bits per heavy atom. The van der Waals surface area contributed by atoms with E-state index in [2.05, 4.69) is 5.32 Å². The summed E-state index contributed by atoms with van der Waals surface area (Å²) in [5.41, 5.74) is 3.50. The number of hydrogen-bond donors (Lipinski definition) is 2. The first-order valence-corrected chi connectivity index (χ1v) is 8.43. The molecular weight excluding hydrogens is 350 g/mol. The van der Waals surface area contributed by atoms with Crippen LogP contribution in [-0.2, 0) is 9.59 Å². The van der Waals surface area contributed by atoms with Crippen LogP contribution < -0.4 is 19.5 Å². The molecular formula is C20H21NO6. The quantitative estimate of drug-likeness (QED) is 0.811. The van der Waals surface area contributed by atoms with Crippen molar-refractivity contribution in [3.63, 3.8) is 0 Å². The van der Waals surface area contributed by atoms with Gasteiger partial charge in [0.2, 0.25) is 5.91 Å². The summed E-state index contributed by atoms with van der Waals surface area (Å²) in [5, 5.41) is 11.8. The third-order valence-electron chi connectivity index (χ3n) is 4.55. The van der Waals surface area contributed by atoms with Crippen LogP contribution in [0.25, 0.3) is 0 Å². The number of ether oxygens (including phenoxy) is 3. The highest BCUT2D eigenvalue weighted by atomic mass is 16.5. The number of rotatable bonds is 6. The number of aryl methyl sites for hydroxylation is 1. The first-order valence-electron chi connectivity index (χ1n) is 8.43. The summed E-state index contributed by atoms with van der Waals surface area (Å²) < 4.78 is 15.9. The molecule has 2 N–H and O–H groups in total. The molecule has 0 saturated heterocycles. The van der Waals surface area contributed by atoms with Gasteiger partial charge in [-0.25, -0.2) is 4.79 Å². The van der Waals surface area contributed by atoms with E-state index in [1.807, 2.05) is 25.1 Å². The molecule has 0 saturated carbocycles. The van der Waals surface area contributed by atoms with E-state index < -0.39 is 12.6 Å². The minimum absolute atomic E-state index is 0.0952. The number of amides is 1. The lowest BCUT2D eigenvalue weighted by molar-refractivity contribution is -0.139. The molecule has 1 heterocycles. The van der Waals surface area contributed by atoms with E-state index in [-0.39, 0.29) is 18.2 Å². The number of anilines is 1. The molecule has 0 spiro atoms. The zero-order valence-corrected chi connectivity index (χ0v) is 15.4. The summed E-state index contributed by atoms with van der Waals surface area (Å²) in [5.74, 6) is 0.114. The molecule has 3 rings (SSSR count). The Hall–Kier alpha value is -3.22. The lowest BCUT2D eigenvalue weighted by Crippen LogP contribution is -2.24. The molecule has 1 aliphatic heterocycles. The molecule has 0 aliphatic carbocycles. The predicted molar refractivity (Wildman–Crippen MR) is 98.9 cm³/mol. The molecule has 7 heteroatoms. The van der Waals surface area contributed by atoms with Gasteiger partial charge >= 0.3 is 5.97 Å². The number of aliphatic carboxylic acids is 1. The van der Waals surface area contributed by atoms with Gasteiger partial charge in [0.05, 0.1) is 14.2 Å². The van der Waals surface area contributed by atoms with E-state index in [4.69, 9.17) is 19.3 Å². The Bertz CT molecular complexity index is 892. The zero-order chi connectivity index (χ0) is 19.6. The van der Waals surface area contributed by atoms with E-state index in [0.29, 0.717) is 22.9 Å². The second kappa shape index (κ2) is 7.57. The van der Waals surface area contributed by atoms with Crippen molar-refractivity contribution < 1.29 is 28.9 Å². The van der Waals surface area contributed by atoms with E-state index in [1.165, 1.54) is 7.11 Å². The molecule has 1 aliphatic rings. The fourth-order valence-corrected chi connectivity index (χ4v) is 3.28. The fraction of sp³-hybridized carbons (Fsp3) is 0.300. The first-order chi connectivity index (χ1) is 12.9. The summed E-state index contributed by atoms with van der Waals surface area (Å²) in [6, 6.07) is 9.13. The topological polar surface area (TPSA) is 94.1 Å². The molecule has 1 unspecified atom stereocenters. The minimum atomic E-state index is -1.08. The maximum absolute atomic E-state index is 12.2. The molecule has 0 fully saturated rings. The standard InChI is InChI=1S/C20H21NO6/c1-11-6-14-13(8-19(22)21-15(14)9-17(11)26-3)12-4-5-16(25-2)18(7-12)27-10-20(23)24/h4-7,9,13H,8,10H2,1-3H3,(H,21,22)(H,23,24). The highest BCUT2D eigenvalue weighted by Crippen LogP contribution is 2.42. The van der Waals surface area contributed by atoms with E-state index >= 15 is 0 Å². The molecule has 27 heavy (non-hydrogen) atoms. The van der Waals surface area contributed by atoms with E-state index in [0.717, 1.165) is 16.7 Å². The van der Waals surface area contributed by atoms with Crippen molar-refractivity contribution in [2.45, 2.75) is 19.3 Å². The van der Waals surface area contributed by atoms with Crippen LogP contribution in [0.5, 0.6) is 17.2 Å². The highest BCUT2D eigenvalue weighted by Gasteiger charge is 2.28. The van der Waals surface area contributed by atoms with Crippen molar-refractivity contribution in [3.05, 3.63) is 47.0 Å². The number of benzene rings is 2. The van der Waals surface area contributed by atoms with Crippen molar-refractivity contribution in [2.24, 2.45) is 0 Å². The summed E-state index contributed by atoms with van der Waals surface area (Å²) in [6.07, 6.45) is 0.281. The molecule has 0 radical (unpaired) electrons. The van der Waals surface area contributed by atoms with Crippen LogP contribution in [0.15, 0.2) is 30.3 Å². The number of fused-ring (bicyclic) bond motifs is 1. The van der Waals surface area contributed by atoms with Gasteiger partial charge in [-0.15, -0.1) is 0 Å². The largest absolute Gasteiger partial charge is 0.496 e. The summed E-state index contributed by atoms with van der Waals surface area (Å²) >= 11 is 0. The maximum atomic E-state index is 12.2. The smallest absolute Gasteiger partial charge is 0.341 e. The number of carboxylic acids is 1. The minimum Gasteiger partial charge on any atom is -0.496 e. The Kier molecular flexibility index (Phi) is 5.21. The van der Waals surface area contributed by atoms with Gasteiger partial charge in [0.1, 0.15) is 5.75 Å². The lowest BCUT2D eigenvalue weighted by Gasteiger charge is -2.27. The van der Waals surface area contributed by atoms with Crippen LogP contribution in [0, 0.1) is 6.92 Å². The molecule has 2 aromatic carbocycles. The van der Waals surface area contributed by atoms with Crippen LogP contribution in [0.2, 0.25) is 0 Å². The number of carbonyl (C=O) groups is 2. The molecule has 1 atom stereocenters. The molecule has 0 bridgehead atoms. The van der Waals surface area contributed by atoms with Crippen LogP contribution in [0.4, 0.5) is 5.69 Å². The van der Waals surface area contributed by atoms with Gasteiger partial charge in [-0.3, -0.25) is 4.79 Å². The van der Waals surface area contributed by atoms with Crippen molar-refractivity contribution in [3.8, 4) is 17.2 Å². The van der Waals surface area contributed by atoms with Crippen LogP contribution in [0.3, 0.4) is 0 Å². The van der Waals surface area contributed by atoms with Crippen molar-refractivity contribution in [1.29, 1.82) is 0 Å². The number of carboxylic acid groups (broad SMARTS) is 1. The average Bonchev–Trinajstić information content (AvgIpc) is 2.65. The van der Waals surface area contributed by atoms with Gasteiger partial charge in [0.25, 0.3) is 0 Å². The number of hydrogen-bond acceptors (Lipinski definition) is 5.